The molecule has 1 N–H and O–H groups in total. The van der Waals surface area contributed by atoms with Crippen molar-refractivity contribution in [3.8, 4) is 0 Å². The monoisotopic (exact) mass is 329 g/mol. The van der Waals surface area contributed by atoms with Crippen LogP contribution in [0, 0.1) is 0 Å². The Labute approximate surface area is 131 Å². The molecule has 2 rings (SSSR count). The largest absolute Gasteiger partial charge is 0.481 e. The molecule has 0 aliphatic carbocycles. The summed E-state index contributed by atoms with van der Waals surface area (Å²) in [4.78, 5) is 24.8. The number of aryl methyl sites for hydroxylation is 1. The SMILES string of the molecule is O=C(O)CC1CCCN1C(=O)c1ccc(CCC(F)(F)F)cc1. The first kappa shape index (κ1) is 17.3. The lowest BCUT2D eigenvalue weighted by molar-refractivity contribution is -0.138. The third-order valence-electron chi connectivity index (χ3n) is 3.95. The van der Waals surface area contributed by atoms with Crippen molar-refractivity contribution in [2.45, 2.75) is 44.3 Å². The van der Waals surface area contributed by atoms with E-state index in [-0.39, 0.29) is 24.8 Å². The number of alkyl halides is 3. The van der Waals surface area contributed by atoms with E-state index in [1.165, 1.54) is 24.3 Å². The van der Waals surface area contributed by atoms with Gasteiger partial charge in [-0.3, -0.25) is 9.59 Å². The van der Waals surface area contributed by atoms with Gasteiger partial charge in [-0.15, -0.1) is 0 Å². The molecule has 1 saturated heterocycles. The summed E-state index contributed by atoms with van der Waals surface area (Å²) in [6.45, 7) is 0.507. The zero-order chi connectivity index (χ0) is 17.0. The standard InChI is InChI=1S/C16H18F3NO3/c17-16(18,19)8-7-11-3-5-12(6-4-11)15(23)20-9-1-2-13(20)10-14(21)22/h3-6,13H,1-2,7-10H2,(H,21,22). The first-order valence-electron chi connectivity index (χ1n) is 7.45. The van der Waals surface area contributed by atoms with Crippen molar-refractivity contribution < 1.29 is 27.9 Å². The Bertz CT molecular complexity index is 569. The highest BCUT2D eigenvalue weighted by atomic mass is 19.4. The fourth-order valence-corrected chi connectivity index (χ4v) is 2.78. The van der Waals surface area contributed by atoms with Gasteiger partial charge in [-0.1, -0.05) is 12.1 Å². The molecule has 1 aliphatic rings. The number of carboxylic acid groups (broad SMARTS) is 1. The average Bonchev–Trinajstić information content (AvgIpc) is 2.91. The van der Waals surface area contributed by atoms with Crippen molar-refractivity contribution >= 4 is 11.9 Å². The fraction of sp³-hybridized carbons (Fsp3) is 0.500. The molecule has 126 valence electrons. The Morgan fingerprint density at radius 1 is 1.22 bits per heavy atom. The van der Waals surface area contributed by atoms with E-state index >= 15 is 0 Å². The minimum Gasteiger partial charge on any atom is -0.481 e. The highest BCUT2D eigenvalue weighted by Gasteiger charge is 2.31. The Morgan fingerprint density at radius 2 is 1.87 bits per heavy atom. The highest BCUT2D eigenvalue weighted by molar-refractivity contribution is 5.94. The number of halogens is 3. The van der Waals surface area contributed by atoms with Gasteiger partial charge < -0.3 is 10.0 Å². The maximum atomic E-state index is 12.4. The van der Waals surface area contributed by atoms with Crippen molar-refractivity contribution in [2.75, 3.05) is 6.54 Å². The predicted octanol–water partition coefficient (Wildman–Crippen LogP) is 3.26. The van der Waals surface area contributed by atoms with Crippen LogP contribution >= 0.6 is 0 Å². The van der Waals surface area contributed by atoms with Crippen LogP contribution in [0.25, 0.3) is 0 Å². The number of aliphatic carboxylic acids is 1. The lowest BCUT2D eigenvalue weighted by Crippen LogP contribution is -2.36. The van der Waals surface area contributed by atoms with Crippen molar-refractivity contribution in [3.05, 3.63) is 35.4 Å². The molecular weight excluding hydrogens is 311 g/mol. The number of rotatable bonds is 5. The van der Waals surface area contributed by atoms with Gasteiger partial charge in [0.05, 0.1) is 6.42 Å². The molecule has 1 aliphatic heterocycles. The molecule has 4 nitrogen and oxygen atoms in total. The molecule has 1 aromatic rings. The van der Waals surface area contributed by atoms with E-state index in [1.807, 2.05) is 0 Å². The minimum absolute atomic E-state index is 0.0879. The van der Waals surface area contributed by atoms with Crippen LogP contribution in [0.3, 0.4) is 0 Å². The second-order valence-electron chi connectivity index (χ2n) is 5.70. The van der Waals surface area contributed by atoms with Gasteiger partial charge in [0.15, 0.2) is 0 Å². The number of nitrogens with zero attached hydrogens (tertiary/aromatic N) is 1. The number of carbonyl (C=O) groups excluding carboxylic acids is 1. The molecule has 1 atom stereocenters. The van der Waals surface area contributed by atoms with E-state index in [1.54, 1.807) is 4.90 Å². The Morgan fingerprint density at radius 3 is 2.43 bits per heavy atom. The number of carbonyl (C=O) groups is 2. The van der Waals surface area contributed by atoms with E-state index in [2.05, 4.69) is 0 Å². The lowest BCUT2D eigenvalue weighted by atomic mass is 10.1. The van der Waals surface area contributed by atoms with Crippen LogP contribution in [0.2, 0.25) is 0 Å². The third kappa shape index (κ3) is 4.97. The number of likely N-dealkylation sites (tertiary alicyclic amines) is 1. The molecule has 0 bridgehead atoms. The molecule has 23 heavy (non-hydrogen) atoms. The minimum atomic E-state index is -4.20. The van der Waals surface area contributed by atoms with Crippen molar-refractivity contribution in [1.82, 2.24) is 4.90 Å². The maximum Gasteiger partial charge on any atom is 0.389 e. The van der Waals surface area contributed by atoms with Crippen molar-refractivity contribution in [3.63, 3.8) is 0 Å². The molecular formula is C16H18F3NO3. The quantitative estimate of drug-likeness (QED) is 0.902. The summed E-state index contributed by atoms with van der Waals surface area (Å²) in [5, 5.41) is 8.88. The lowest BCUT2D eigenvalue weighted by Gasteiger charge is -2.23. The van der Waals surface area contributed by atoms with E-state index in [4.69, 9.17) is 5.11 Å². The normalized spacial score (nSPS) is 18.2. The summed E-state index contributed by atoms with van der Waals surface area (Å²) in [6, 6.07) is 5.72. The molecule has 0 saturated carbocycles. The van der Waals surface area contributed by atoms with Gasteiger partial charge in [0.25, 0.3) is 5.91 Å². The topological polar surface area (TPSA) is 57.6 Å². The zero-order valence-corrected chi connectivity index (χ0v) is 12.5. The first-order chi connectivity index (χ1) is 10.8. The van der Waals surface area contributed by atoms with Crippen LogP contribution in [-0.2, 0) is 11.2 Å². The number of benzene rings is 1. The summed E-state index contributed by atoms with van der Waals surface area (Å²) < 4.78 is 36.6. The average molecular weight is 329 g/mol. The van der Waals surface area contributed by atoms with Crippen LogP contribution in [-0.4, -0.2) is 40.6 Å². The van der Waals surface area contributed by atoms with Crippen LogP contribution < -0.4 is 0 Å². The summed E-state index contributed by atoms with van der Waals surface area (Å²) in [7, 11) is 0. The van der Waals surface area contributed by atoms with E-state index in [9.17, 15) is 22.8 Å². The number of hydrogen-bond donors (Lipinski definition) is 1. The molecule has 0 spiro atoms. The van der Waals surface area contributed by atoms with E-state index < -0.39 is 18.6 Å². The van der Waals surface area contributed by atoms with Gasteiger partial charge in [0.1, 0.15) is 0 Å². The fourth-order valence-electron chi connectivity index (χ4n) is 2.78. The molecule has 1 aromatic carbocycles. The van der Waals surface area contributed by atoms with Crippen LogP contribution in [0.5, 0.6) is 0 Å². The predicted molar refractivity (Wildman–Crippen MR) is 77.1 cm³/mol. The second kappa shape index (κ2) is 7.02. The van der Waals surface area contributed by atoms with Crippen LogP contribution in [0.1, 0.15) is 41.6 Å². The van der Waals surface area contributed by atoms with E-state index in [0.29, 0.717) is 24.1 Å². The highest BCUT2D eigenvalue weighted by Crippen LogP contribution is 2.24. The number of hydrogen-bond acceptors (Lipinski definition) is 2. The molecule has 1 heterocycles. The van der Waals surface area contributed by atoms with Crippen molar-refractivity contribution in [1.29, 1.82) is 0 Å². The number of carboxylic acids is 1. The van der Waals surface area contributed by atoms with E-state index in [0.717, 1.165) is 6.42 Å². The number of amides is 1. The van der Waals surface area contributed by atoms with Gasteiger partial charge >= 0.3 is 12.1 Å². The Kier molecular flexibility index (Phi) is 5.28. The van der Waals surface area contributed by atoms with Crippen LogP contribution in [0.15, 0.2) is 24.3 Å². The molecule has 0 aromatic heterocycles. The molecule has 0 radical (unpaired) electrons. The molecule has 7 heteroatoms. The first-order valence-corrected chi connectivity index (χ1v) is 7.45. The summed E-state index contributed by atoms with van der Waals surface area (Å²) in [5.74, 6) is -1.21. The van der Waals surface area contributed by atoms with Crippen LogP contribution in [0.4, 0.5) is 13.2 Å². The summed E-state index contributed by atoms with van der Waals surface area (Å²) in [6.07, 6.45) is -3.89. The van der Waals surface area contributed by atoms with Crippen molar-refractivity contribution in [2.24, 2.45) is 0 Å². The Balaban J connectivity index is 2.01. The summed E-state index contributed by atoms with van der Waals surface area (Å²) in [5.41, 5.74) is 0.889. The smallest absolute Gasteiger partial charge is 0.389 e. The summed E-state index contributed by atoms with van der Waals surface area (Å²) >= 11 is 0. The second-order valence-corrected chi connectivity index (χ2v) is 5.70. The maximum absolute atomic E-state index is 12.4. The molecule has 1 amide bonds. The zero-order valence-electron chi connectivity index (χ0n) is 12.5. The Hall–Kier alpha value is -2.05. The third-order valence-corrected chi connectivity index (χ3v) is 3.95. The van der Waals surface area contributed by atoms with Gasteiger partial charge in [-0.05, 0) is 37.0 Å². The van der Waals surface area contributed by atoms with Gasteiger partial charge in [-0.25, -0.2) is 0 Å². The van der Waals surface area contributed by atoms with Gasteiger partial charge in [0, 0.05) is 24.6 Å². The van der Waals surface area contributed by atoms with Gasteiger partial charge in [-0.2, -0.15) is 13.2 Å². The molecule has 1 fully saturated rings. The molecule has 1 unspecified atom stereocenters. The van der Waals surface area contributed by atoms with Gasteiger partial charge in [0.2, 0.25) is 0 Å².